The van der Waals surface area contributed by atoms with Crippen molar-refractivity contribution in [3.63, 3.8) is 0 Å². The second-order valence-corrected chi connectivity index (χ2v) is 6.66. The molecular formula is C15H10Br2ClFN2. The van der Waals surface area contributed by atoms with Gasteiger partial charge in [0, 0.05) is 16.2 Å². The van der Waals surface area contributed by atoms with E-state index >= 15 is 0 Å². The van der Waals surface area contributed by atoms with Crippen LogP contribution in [0.5, 0.6) is 0 Å². The van der Waals surface area contributed by atoms with E-state index in [0.29, 0.717) is 21.3 Å². The quantitative estimate of drug-likeness (QED) is 0.473. The van der Waals surface area contributed by atoms with E-state index in [1.807, 2.05) is 29.7 Å². The van der Waals surface area contributed by atoms with E-state index in [1.165, 1.54) is 6.07 Å². The highest BCUT2D eigenvalue weighted by Crippen LogP contribution is 2.29. The molecule has 0 saturated carbocycles. The van der Waals surface area contributed by atoms with Crippen molar-refractivity contribution in [1.29, 1.82) is 0 Å². The summed E-state index contributed by atoms with van der Waals surface area (Å²) in [6, 6.07) is 9.08. The zero-order chi connectivity index (χ0) is 15.1. The highest BCUT2D eigenvalue weighted by Gasteiger charge is 2.15. The Morgan fingerprint density at radius 2 is 1.95 bits per heavy atom. The van der Waals surface area contributed by atoms with Crippen molar-refractivity contribution in [2.24, 2.45) is 0 Å². The van der Waals surface area contributed by atoms with Crippen LogP contribution in [0.1, 0.15) is 11.4 Å². The van der Waals surface area contributed by atoms with Crippen LogP contribution in [-0.4, -0.2) is 9.55 Å². The van der Waals surface area contributed by atoms with Crippen molar-refractivity contribution in [1.82, 2.24) is 9.55 Å². The van der Waals surface area contributed by atoms with Crippen LogP contribution in [0.25, 0.3) is 16.7 Å². The summed E-state index contributed by atoms with van der Waals surface area (Å²) >= 11 is 12.7. The van der Waals surface area contributed by atoms with Crippen LogP contribution in [0, 0.1) is 12.7 Å². The SMILES string of the molecule is Cc1ccc(-n2c(CCl)nc3cc(Br)c(F)cc32)cc1Br. The van der Waals surface area contributed by atoms with Crippen LogP contribution in [0.2, 0.25) is 0 Å². The van der Waals surface area contributed by atoms with Crippen LogP contribution >= 0.6 is 43.5 Å². The standard InChI is InChI=1S/C15H10Br2ClFN2/c1-8-2-3-9(4-10(8)16)21-14-6-12(19)11(17)5-13(14)20-15(21)7-18/h2-6H,7H2,1H3. The Kier molecular flexibility index (Phi) is 4.08. The molecule has 6 heteroatoms. The van der Waals surface area contributed by atoms with Crippen LogP contribution in [-0.2, 0) is 5.88 Å². The number of aryl methyl sites for hydroxylation is 1. The van der Waals surface area contributed by atoms with Gasteiger partial charge in [0.25, 0.3) is 0 Å². The van der Waals surface area contributed by atoms with Crippen LogP contribution in [0.4, 0.5) is 4.39 Å². The highest BCUT2D eigenvalue weighted by molar-refractivity contribution is 9.10. The number of fused-ring (bicyclic) bond motifs is 1. The molecule has 0 atom stereocenters. The molecule has 0 radical (unpaired) electrons. The van der Waals surface area contributed by atoms with Gasteiger partial charge in [0.15, 0.2) is 0 Å². The molecule has 0 bridgehead atoms. The minimum Gasteiger partial charge on any atom is -0.295 e. The maximum absolute atomic E-state index is 13.9. The summed E-state index contributed by atoms with van der Waals surface area (Å²) in [5.41, 5.74) is 3.43. The van der Waals surface area contributed by atoms with Gasteiger partial charge in [-0.2, -0.15) is 0 Å². The highest BCUT2D eigenvalue weighted by atomic mass is 79.9. The normalized spacial score (nSPS) is 11.3. The molecule has 0 aliphatic heterocycles. The van der Waals surface area contributed by atoms with Gasteiger partial charge >= 0.3 is 0 Å². The predicted molar refractivity (Wildman–Crippen MR) is 90.7 cm³/mol. The smallest absolute Gasteiger partial charge is 0.139 e. The molecular weight excluding hydrogens is 422 g/mol. The Bertz CT molecular complexity index is 845. The van der Waals surface area contributed by atoms with Gasteiger partial charge in [-0.1, -0.05) is 22.0 Å². The fourth-order valence-electron chi connectivity index (χ4n) is 2.22. The van der Waals surface area contributed by atoms with Crippen LogP contribution in [0.15, 0.2) is 39.3 Å². The van der Waals surface area contributed by atoms with E-state index in [4.69, 9.17) is 11.6 Å². The second-order valence-electron chi connectivity index (χ2n) is 4.69. The summed E-state index contributed by atoms with van der Waals surface area (Å²) < 4.78 is 17.1. The van der Waals surface area contributed by atoms with E-state index in [2.05, 4.69) is 36.8 Å². The molecule has 0 N–H and O–H groups in total. The van der Waals surface area contributed by atoms with Gasteiger partial charge in [0.05, 0.1) is 21.4 Å². The Labute approximate surface area is 143 Å². The number of benzene rings is 2. The third kappa shape index (κ3) is 2.62. The van der Waals surface area contributed by atoms with Gasteiger partial charge < -0.3 is 0 Å². The number of rotatable bonds is 2. The lowest BCUT2D eigenvalue weighted by Gasteiger charge is -2.10. The Balaban J connectivity index is 2.34. The summed E-state index contributed by atoms with van der Waals surface area (Å²) in [4.78, 5) is 4.48. The second kappa shape index (κ2) is 5.71. The van der Waals surface area contributed by atoms with E-state index in [1.54, 1.807) is 6.07 Å². The van der Waals surface area contributed by atoms with Crippen molar-refractivity contribution >= 4 is 54.5 Å². The molecule has 0 saturated heterocycles. The van der Waals surface area contributed by atoms with Gasteiger partial charge in [-0.05, 0) is 46.6 Å². The van der Waals surface area contributed by atoms with Gasteiger partial charge in [-0.3, -0.25) is 4.57 Å². The van der Waals surface area contributed by atoms with Crippen LogP contribution in [0.3, 0.4) is 0 Å². The van der Waals surface area contributed by atoms with Gasteiger partial charge in [-0.15, -0.1) is 11.6 Å². The third-order valence-corrected chi connectivity index (χ3v) is 5.00. The summed E-state index contributed by atoms with van der Waals surface area (Å²) in [5.74, 6) is 0.607. The third-order valence-electron chi connectivity index (χ3n) is 3.30. The Morgan fingerprint density at radius 1 is 1.19 bits per heavy atom. The van der Waals surface area contributed by atoms with E-state index in [0.717, 1.165) is 15.7 Å². The summed E-state index contributed by atoms with van der Waals surface area (Å²) in [6.45, 7) is 2.01. The number of hydrogen-bond donors (Lipinski definition) is 0. The first-order valence-electron chi connectivity index (χ1n) is 6.20. The van der Waals surface area contributed by atoms with Crippen molar-refractivity contribution in [2.75, 3.05) is 0 Å². The fraction of sp³-hybridized carbons (Fsp3) is 0.133. The molecule has 3 rings (SSSR count). The number of imidazole rings is 1. The largest absolute Gasteiger partial charge is 0.295 e. The Morgan fingerprint density at radius 3 is 2.62 bits per heavy atom. The molecule has 1 heterocycles. The number of nitrogens with zero attached hydrogens (tertiary/aromatic N) is 2. The molecule has 0 aliphatic rings. The van der Waals surface area contributed by atoms with Crippen molar-refractivity contribution < 1.29 is 4.39 Å². The molecule has 21 heavy (non-hydrogen) atoms. The molecule has 3 aromatic rings. The van der Waals surface area contributed by atoms with E-state index in [9.17, 15) is 4.39 Å². The minimum atomic E-state index is -0.323. The molecule has 2 aromatic carbocycles. The van der Waals surface area contributed by atoms with Crippen molar-refractivity contribution in [3.8, 4) is 5.69 Å². The average Bonchev–Trinajstić information content (AvgIpc) is 2.80. The maximum atomic E-state index is 13.9. The average molecular weight is 433 g/mol. The number of alkyl halides is 1. The lowest BCUT2D eigenvalue weighted by atomic mass is 10.2. The fourth-order valence-corrected chi connectivity index (χ4v) is 3.10. The van der Waals surface area contributed by atoms with Crippen LogP contribution < -0.4 is 0 Å². The maximum Gasteiger partial charge on any atom is 0.139 e. The van der Waals surface area contributed by atoms with E-state index < -0.39 is 0 Å². The molecule has 0 fully saturated rings. The molecule has 0 aliphatic carbocycles. The Hall–Kier alpha value is -0.910. The first-order valence-corrected chi connectivity index (χ1v) is 8.32. The van der Waals surface area contributed by atoms with Gasteiger partial charge in [0.1, 0.15) is 11.6 Å². The molecule has 0 spiro atoms. The van der Waals surface area contributed by atoms with Gasteiger partial charge in [-0.25, -0.2) is 9.37 Å². The molecule has 1 aromatic heterocycles. The zero-order valence-electron chi connectivity index (χ0n) is 11.0. The van der Waals surface area contributed by atoms with E-state index in [-0.39, 0.29) is 11.7 Å². The lowest BCUT2D eigenvalue weighted by molar-refractivity contribution is 0.622. The molecule has 0 unspecified atom stereocenters. The lowest BCUT2D eigenvalue weighted by Crippen LogP contribution is -2.00. The van der Waals surface area contributed by atoms with Crippen molar-refractivity contribution in [2.45, 2.75) is 12.8 Å². The monoisotopic (exact) mass is 430 g/mol. The molecule has 0 amide bonds. The summed E-state index contributed by atoms with van der Waals surface area (Å²) in [5, 5.41) is 0. The molecule has 108 valence electrons. The van der Waals surface area contributed by atoms with Gasteiger partial charge in [0.2, 0.25) is 0 Å². The summed E-state index contributed by atoms with van der Waals surface area (Å²) in [6.07, 6.45) is 0. The number of halogens is 4. The zero-order valence-corrected chi connectivity index (χ0v) is 14.9. The predicted octanol–water partition coefficient (Wildman–Crippen LogP) is 5.74. The topological polar surface area (TPSA) is 17.8 Å². The minimum absolute atomic E-state index is 0.249. The number of aromatic nitrogens is 2. The summed E-state index contributed by atoms with van der Waals surface area (Å²) in [7, 11) is 0. The van der Waals surface area contributed by atoms with Crippen molar-refractivity contribution in [3.05, 3.63) is 56.5 Å². The first-order chi connectivity index (χ1) is 10.0. The molecule has 2 nitrogen and oxygen atoms in total. The first kappa shape index (κ1) is 15.0. The number of hydrogen-bond acceptors (Lipinski definition) is 1.